The largest absolute Gasteiger partial charge is 0.395 e. The lowest BCUT2D eigenvalue weighted by Gasteiger charge is -2.28. The first kappa shape index (κ1) is 15.4. The number of rotatable bonds is 2. The summed E-state index contributed by atoms with van der Waals surface area (Å²) in [5, 5.41) is 9.25. The van der Waals surface area contributed by atoms with Gasteiger partial charge in [-0.1, -0.05) is 0 Å². The van der Waals surface area contributed by atoms with Crippen LogP contribution in [0.2, 0.25) is 0 Å². The molecule has 4 rings (SSSR count). The zero-order chi connectivity index (χ0) is 17.1. The number of nitrogens with one attached hydrogen (secondary N) is 2. The highest BCUT2D eigenvalue weighted by Crippen LogP contribution is 2.50. The normalized spacial score (nSPS) is 29.3. The van der Waals surface area contributed by atoms with E-state index in [-0.39, 0.29) is 5.82 Å². The number of anilines is 1. The van der Waals surface area contributed by atoms with Crippen molar-refractivity contribution in [2.24, 2.45) is 11.8 Å². The van der Waals surface area contributed by atoms with E-state index in [2.05, 4.69) is 15.5 Å². The minimum absolute atomic E-state index is 0.0821. The molecule has 4 atom stereocenters. The third-order valence-electron chi connectivity index (χ3n) is 4.72. The van der Waals surface area contributed by atoms with Crippen molar-refractivity contribution in [2.45, 2.75) is 31.2 Å². The van der Waals surface area contributed by atoms with Gasteiger partial charge in [-0.05, 0) is 31.0 Å². The average molecular weight is 343 g/mol. The summed E-state index contributed by atoms with van der Waals surface area (Å²) in [4.78, 5) is 12.5. The number of alkyl halides is 3. The molecule has 1 aromatic carbocycles. The van der Waals surface area contributed by atoms with Gasteiger partial charge in [-0.2, -0.15) is 18.3 Å². The fraction of sp³-hybridized carbons (Fsp3) is 0.467. The zero-order valence-electron chi connectivity index (χ0n) is 12.2. The number of aromatic amines is 1. The number of fused-ring (bicyclic) bond motifs is 3. The minimum Gasteiger partial charge on any atom is -0.373 e. The summed E-state index contributed by atoms with van der Waals surface area (Å²) in [5.74, 6) is -4.28. The molecule has 2 aromatic rings. The number of hydrogen-bond acceptors (Lipinski definition) is 3. The van der Waals surface area contributed by atoms with Gasteiger partial charge in [0, 0.05) is 5.39 Å². The van der Waals surface area contributed by atoms with E-state index in [4.69, 9.17) is 4.74 Å². The summed E-state index contributed by atoms with van der Waals surface area (Å²) in [6, 6.07) is 3.78. The fourth-order valence-electron chi connectivity index (χ4n) is 3.71. The van der Waals surface area contributed by atoms with Gasteiger partial charge in [-0.15, -0.1) is 0 Å². The molecule has 2 aliphatic rings. The molecule has 2 bridgehead atoms. The number of halogens is 4. The molecule has 1 aromatic heterocycles. The van der Waals surface area contributed by atoms with Gasteiger partial charge in [0.25, 0.3) is 0 Å². The van der Waals surface area contributed by atoms with Gasteiger partial charge >= 0.3 is 6.18 Å². The highest BCUT2D eigenvalue weighted by molar-refractivity contribution is 6.00. The van der Waals surface area contributed by atoms with E-state index in [0.717, 1.165) is 0 Å². The number of H-pyrrole nitrogens is 1. The first-order valence-electron chi connectivity index (χ1n) is 7.51. The average Bonchev–Trinajstić information content (AvgIpc) is 3.20. The van der Waals surface area contributed by atoms with Crippen LogP contribution in [0.15, 0.2) is 18.2 Å². The van der Waals surface area contributed by atoms with E-state index in [1.807, 2.05) is 0 Å². The lowest BCUT2D eigenvalue weighted by molar-refractivity contribution is -0.196. The molecule has 4 unspecified atom stereocenters. The smallest absolute Gasteiger partial charge is 0.373 e. The van der Waals surface area contributed by atoms with Crippen LogP contribution in [0.25, 0.3) is 10.9 Å². The fourth-order valence-corrected chi connectivity index (χ4v) is 3.71. The second kappa shape index (κ2) is 5.17. The molecule has 5 nitrogen and oxygen atoms in total. The van der Waals surface area contributed by atoms with E-state index >= 15 is 0 Å². The van der Waals surface area contributed by atoms with Gasteiger partial charge in [0.05, 0.1) is 29.6 Å². The van der Waals surface area contributed by atoms with Gasteiger partial charge in [-0.3, -0.25) is 9.89 Å². The van der Waals surface area contributed by atoms with Crippen LogP contribution < -0.4 is 5.32 Å². The Balaban J connectivity index is 1.61. The summed E-state index contributed by atoms with van der Waals surface area (Å²) in [6.45, 7) is 0. The molecule has 2 fully saturated rings. The zero-order valence-corrected chi connectivity index (χ0v) is 12.2. The van der Waals surface area contributed by atoms with Crippen LogP contribution >= 0.6 is 0 Å². The molecule has 0 aliphatic carbocycles. The van der Waals surface area contributed by atoms with Crippen LogP contribution in [0.4, 0.5) is 23.4 Å². The SMILES string of the molecule is O=C(Nc1n[nH]c2cc(F)ccc12)C1C2CCC(O2)C1C(F)(F)F. The monoisotopic (exact) mass is 343 g/mol. The second-order valence-electron chi connectivity index (χ2n) is 6.13. The predicted molar refractivity (Wildman–Crippen MR) is 75.6 cm³/mol. The maximum absolute atomic E-state index is 13.3. The van der Waals surface area contributed by atoms with Crippen molar-refractivity contribution >= 4 is 22.6 Å². The summed E-state index contributed by atoms with van der Waals surface area (Å²) < 4.78 is 58.3. The Hall–Kier alpha value is -2.16. The van der Waals surface area contributed by atoms with E-state index in [9.17, 15) is 22.4 Å². The number of hydrogen-bond donors (Lipinski definition) is 2. The summed E-state index contributed by atoms with van der Waals surface area (Å²) in [6.07, 6.45) is -5.45. The number of aromatic nitrogens is 2. The lowest BCUT2D eigenvalue weighted by atomic mass is 9.78. The predicted octanol–water partition coefficient (Wildman–Crippen LogP) is 3.00. The Bertz CT molecular complexity index is 804. The molecule has 2 N–H and O–H groups in total. The van der Waals surface area contributed by atoms with E-state index in [1.54, 1.807) is 0 Å². The van der Waals surface area contributed by atoms with Crippen molar-refractivity contribution < 1.29 is 27.1 Å². The topological polar surface area (TPSA) is 67.0 Å². The van der Waals surface area contributed by atoms with Gasteiger partial charge < -0.3 is 10.1 Å². The highest BCUT2D eigenvalue weighted by atomic mass is 19.4. The van der Waals surface area contributed by atoms with E-state index in [0.29, 0.717) is 23.7 Å². The van der Waals surface area contributed by atoms with Gasteiger partial charge in [0.2, 0.25) is 5.91 Å². The van der Waals surface area contributed by atoms with Gasteiger partial charge in [0.1, 0.15) is 5.82 Å². The number of carbonyl (C=O) groups is 1. The molecule has 2 saturated heterocycles. The lowest BCUT2D eigenvalue weighted by Crippen LogP contribution is -2.44. The Morgan fingerprint density at radius 2 is 2.04 bits per heavy atom. The van der Waals surface area contributed by atoms with Gasteiger partial charge in [0.15, 0.2) is 5.82 Å². The summed E-state index contributed by atoms with van der Waals surface area (Å²) in [5.41, 5.74) is 0.349. The molecule has 0 spiro atoms. The maximum Gasteiger partial charge on any atom is 0.395 e. The molecule has 2 aliphatic heterocycles. The van der Waals surface area contributed by atoms with Crippen LogP contribution in [0, 0.1) is 17.7 Å². The summed E-state index contributed by atoms with van der Waals surface area (Å²) >= 11 is 0. The number of carbonyl (C=O) groups excluding carboxylic acids is 1. The molecule has 24 heavy (non-hydrogen) atoms. The van der Waals surface area contributed by atoms with Crippen molar-refractivity contribution in [2.75, 3.05) is 5.32 Å². The van der Waals surface area contributed by atoms with E-state index in [1.165, 1.54) is 18.2 Å². The molecular formula is C15H13F4N3O2. The van der Waals surface area contributed by atoms with Crippen LogP contribution in [-0.2, 0) is 9.53 Å². The van der Waals surface area contributed by atoms with Crippen molar-refractivity contribution in [3.8, 4) is 0 Å². The number of nitrogens with zero attached hydrogens (tertiary/aromatic N) is 1. The molecule has 0 radical (unpaired) electrons. The first-order valence-corrected chi connectivity index (χ1v) is 7.51. The Morgan fingerprint density at radius 3 is 2.79 bits per heavy atom. The third-order valence-corrected chi connectivity index (χ3v) is 4.72. The van der Waals surface area contributed by atoms with Crippen LogP contribution in [0.3, 0.4) is 0 Å². The number of amides is 1. The van der Waals surface area contributed by atoms with Crippen LogP contribution in [0.1, 0.15) is 12.8 Å². The van der Waals surface area contributed by atoms with Crippen LogP contribution in [0.5, 0.6) is 0 Å². The third kappa shape index (κ3) is 2.34. The molecule has 128 valence electrons. The Morgan fingerprint density at radius 1 is 1.29 bits per heavy atom. The highest BCUT2D eigenvalue weighted by Gasteiger charge is 2.62. The number of ether oxygens (including phenoxy) is 1. The van der Waals surface area contributed by atoms with Crippen LogP contribution in [-0.4, -0.2) is 34.5 Å². The maximum atomic E-state index is 13.3. The van der Waals surface area contributed by atoms with E-state index < -0.39 is 41.9 Å². The quantitative estimate of drug-likeness (QED) is 0.824. The molecule has 9 heteroatoms. The Labute approximate surface area is 133 Å². The van der Waals surface area contributed by atoms with Crippen molar-refractivity contribution in [1.82, 2.24) is 10.2 Å². The summed E-state index contributed by atoms with van der Waals surface area (Å²) in [7, 11) is 0. The first-order chi connectivity index (χ1) is 11.3. The minimum atomic E-state index is -4.50. The Kier molecular flexibility index (Phi) is 3.31. The van der Waals surface area contributed by atoms with Gasteiger partial charge in [-0.25, -0.2) is 4.39 Å². The second-order valence-corrected chi connectivity index (χ2v) is 6.13. The van der Waals surface area contributed by atoms with Crippen molar-refractivity contribution in [3.63, 3.8) is 0 Å². The molecular weight excluding hydrogens is 330 g/mol. The van der Waals surface area contributed by atoms with Crippen molar-refractivity contribution in [3.05, 3.63) is 24.0 Å². The number of benzene rings is 1. The molecule has 3 heterocycles. The molecule has 1 amide bonds. The van der Waals surface area contributed by atoms with Crippen molar-refractivity contribution in [1.29, 1.82) is 0 Å². The standard InChI is InChI=1S/C15H13F4N3O2/c16-6-1-2-7-8(5-6)21-22-13(7)20-14(23)11-9-3-4-10(24-9)12(11)15(17,18)19/h1-2,5,9-12H,3-4H2,(H2,20,21,22,23). The molecule has 0 saturated carbocycles.